The molecule has 1 saturated heterocycles. The number of rotatable bonds is 4. The van der Waals surface area contributed by atoms with E-state index in [0.717, 1.165) is 11.4 Å². The Bertz CT molecular complexity index is 478. The van der Waals surface area contributed by atoms with E-state index < -0.39 is 11.9 Å². The number of aromatic nitrogens is 2. The zero-order valence-corrected chi connectivity index (χ0v) is 11.5. The molecular formula is C13H19N3O3. The van der Waals surface area contributed by atoms with E-state index in [4.69, 9.17) is 4.74 Å². The minimum Gasteiger partial charge on any atom is -0.481 e. The summed E-state index contributed by atoms with van der Waals surface area (Å²) in [5.41, 5.74) is 1.75. The van der Waals surface area contributed by atoms with Gasteiger partial charge in [0.2, 0.25) is 0 Å². The molecule has 0 radical (unpaired) electrons. The van der Waals surface area contributed by atoms with Gasteiger partial charge in [-0.3, -0.25) is 9.78 Å². The molecule has 2 rings (SSSR count). The Morgan fingerprint density at radius 1 is 1.47 bits per heavy atom. The number of hydrogen-bond acceptors (Lipinski definition) is 5. The number of nitrogens with zero attached hydrogens (tertiary/aromatic N) is 3. The summed E-state index contributed by atoms with van der Waals surface area (Å²) >= 11 is 0. The van der Waals surface area contributed by atoms with Crippen LogP contribution in [-0.4, -0.2) is 46.8 Å². The monoisotopic (exact) mass is 265 g/mol. The fourth-order valence-corrected chi connectivity index (χ4v) is 2.32. The van der Waals surface area contributed by atoms with Gasteiger partial charge in [0, 0.05) is 6.54 Å². The number of carbonyl (C=O) groups is 1. The quantitative estimate of drug-likeness (QED) is 0.876. The average Bonchev–Trinajstić information content (AvgIpc) is 2.84. The third-order valence-electron chi connectivity index (χ3n) is 3.58. The van der Waals surface area contributed by atoms with Gasteiger partial charge in [-0.25, -0.2) is 4.98 Å². The summed E-state index contributed by atoms with van der Waals surface area (Å²) in [6.45, 7) is 7.14. The molecule has 0 aliphatic carbocycles. The summed E-state index contributed by atoms with van der Waals surface area (Å²) in [7, 11) is 0. The molecule has 1 N–H and O–H groups in total. The molecule has 2 unspecified atom stereocenters. The van der Waals surface area contributed by atoms with Crippen molar-refractivity contribution < 1.29 is 14.6 Å². The second-order valence-corrected chi connectivity index (χ2v) is 4.73. The Morgan fingerprint density at radius 2 is 2.21 bits per heavy atom. The molecule has 0 aromatic carbocycles. The van der Waals surface area contributed by atoms with E-state index in [1.54, 1.807) is 6.20 Å². The first-order valence-corrected chi connectivity index (χ1v) is 6.42. The highest BCUT2D eigenvalue weighted by molar-refractivity contribution is 5.72. The zero-order valence-electron chi connectivity index (χ0n) is 11.5. The fourth-order valence-electron chi connectivity index (χ4n) is 2.32. The minimum atomic E-state index is -0.822. The van der Waals surface area contributed by atoms with Crippen LogP contribution < -0.4 is 4.90 Å². The SMILES string of the molecule is CCN(c1cnc(C)c(C)n1)C1COCC1C(=O)O. The molecule has 0 amide bonds. The van der Waals surface area contributed by atoms with Crippen molar-refractivity contribution in [1.29, 1.82) is 0 Å². The standard InChI is InChI=1S/C13H19N3O3/c1-4-16(11-7-19-6-10(11)13(17)18)12-5-14-8(2)9(3)15-12/h5,10-11H,4,6-7H2,1-3H3,(H,17,18). The lowest BCUT2D eigenvalue weighted by atomic mass is 10.0. The average molecular weight is 265 g/mol. The Labute approximate surface area is 112 Å². The third kappa shape index (κ3) is 2.68. The molecule has 0 saturated carbocycles. The van der Waals surface area contributed by atoms with Crippen LogP contribution in [0.3, 0.4) is 0 Å². The summed E-state index contributed by atoms with van der Waals surface area (Å²) in [5.74, 6) is -0.617. The highest BCUT2D eigenvalue weighted by Gasteiger charge is 2.38. The number of anilines is 1. The molecular weight excluding hydrogens is 246 g/mol. The maximum atomic E-state index is 11.2. The number of ether oxygens (including phenoxy) is 1. The van der Waals surface area contributed by atoms with E-state index in [2.05, 4.69) is 9.97 Å². The second kappa shape index (κ2) is 5.52. The number of carboxylic acid groups (broad SMARTS) is 1. The Kier molecular flexibility index (Phi) is 3.99. The topological polar surface area (TPSA) is 75.5 Å². The fraction of sp³-hybridized carbons (Fsp3) is 0.615. The number of aliphatic carboxylic acids is 1. The predicted octanol–water partition coefficient (Wildman–Crippen LogP) is 1.02. The third-order valence-corrected chi connectivity index (χ3v) is 3.58. The molecule has 0 spiro atoms. The molecule has 2 atom stereocenters. The van der Waals surface area contributed by atoms with Crippen LogP contribution in [0, 0.1) is 19.8 Å². The lowest BCUT2D eigenvalue weighted by Gasteiger charge is -2.30. The normalized spacial score (nSPS) is 22.5. The predicted molar refractivity (Wildman–Crippen MR) is 70.3 cm³/mol. The first-order valence-electron chi connectivity index (χ1n) is 6.42. The number of aryl methyl sites for hydroxylation is 2. The molecule has 6 heteroatoms. The molecule has 6 nitrogen and oxygen atoms in total. The van der Waals surface area contributed by atoms with Gasteiger partial charge in [-0.15, -0.1) is 0 Å². The summed E-state index contributed by atoms with van der Waals surface area (Å²) in [5, 5.41) is 9.23. The maximum absolute atomic E-state index is 11.2. The molecule has 1 aliphatic rings. The Balaban J connectivity index is 2.28. The van der Waals surface area contributed by atoms with Crippen LogP contribution in [0.5, 0.6) is 0 Å². The van der Waals surface area contributed by atoms with Crippen molar-refractivity contribution in [3.63, 3.8) is 0 Å². The molecule has 1 aromatic heterocycles. The van der Waals surface area contributed by atoms with Gasteiger partial charge >= 0.3 is 5.97 Å². The van der Waals surface area contributed by atoms with Gasteiger partial charge in [0.15, 0.2) is 0 Å². The van der Waals surface area contributed by atoms with Gasteiger partial charge in [-0.2, -0.15) is 0 Å². The van der Waals surface area contributed by atoms with E-state index in [1.165, 1.54) is 0 Å². The van der Waals surface area contributed by atoms with Crippen LogP contribution in [0.4, 0.5) is 5.82 Å². The van der Waals surface area contributed by atoms with Crippen molar-refractivity contribution in [1.82, 2.24) is 9.97 Å². The van der Waals surface area contributed by atoms with Crippen molar-refractivity contribution in [2.45, 2.75) is 26.8 Å². The molecule has 19 heavy (non-hydrogen) atoms. The van der Waals surface area contributed by atoms with Crippen molar-refractivity contribution >= 4 is 11.8 Å². The highest BCUT2D eigenvalue weighted by atomic mass is 16.5. The van der Waals surface area contributed by atoms with Crippen LogP contribution in [0.1, 0.15) is 18.3 Å². The maximum Gasteiger partial charge on any atom is 0.311 e. The number of hydrogen-bond donors (Lipinski definition) is 1. The smallest absolute Gasteiger partial charge is 0.311 e. The first-order chi connectivity index (χ1) is 9.04. The van der Waals surface area contributed by atoms with Crippen molar-refractivity contribution in [3.8, 4) is 0 Å². The van der Waals surface area contributed by atoms with Crippen LogP contribution in [-0.2, 0) is 9.53 Å². The molecule has 1 aromatic rings. The second-order valence-electron chi connectivity index (χ2n) is 4.73. The van der Waals surface area contributed by atoms with E-state index in [-0.39, 0.29) is 12.6 Å². The van der Waals surface area contributed by atoms with E-state index >= 15 is 0 Å². The molecule has 104 valence electrons. The van der Waals surface area contributed by atoms with Crippen LogP contribution in [0.15, 0.2) is 6.20 Å². The van der Waals surface area contributed by atoms with Gasteiger partial charge < -0.3 is 14.7 Å². The lowest BCUT2D eigenvalue weighted by molar-refractivity contribution is -0.141. The number of likely N-dealkylation sites (N-methyl/N-ethyl adjacent to an activating group) is 1. The number of carboxylic acids is 1. The summed E-state index contributed by atoms with van der Waals surface area (Å²) < 4.78 is 5.32. The molecule has 1 fully saturated rings. The van der Waals surface area contributed by atoms with E-state index in [9.17, 15) is 9.90 Å². The molecule has 2 heterocycles. The van der Waals surface area contributed by atoms with Crippen LogP contribution in [0.2, 0.25) is 0 Å². The van der Waals surface area contributed by atoms with Gasteiger partial charge in [-0.05, 0) is 20.8 Å². The van der Waals surface area contributed by atoms with Gasteiger partial charge in [-0.1, -0.05) is 0 Å². The molecule has 0 bridgehead atoms. The van der Waals surface area contributed by atoms with E-state index in [0.29, 0.717) is 19.0 Å². The zero-order chi connectivity index (χ0) is 14.0. The van der Waals surface area contributed by atoms with Crippen molar-refractivity contribution in [2.75, 3.05) is 24.7 Å². The van der Waals surface area contributed by atoms with Crippen molar-refractivity contribution in [3.05, 3.63) is 17.6 Å². The Hall–Kier alpha value is -1.69. The molecule has 1 aliphatic heterocycles. The summed E-state index contributed by atoms with van der Waals surface area (Å²) in [6.07, 6.45) is 1.70. The van der Waals surface area contributed by atoms with Gasteiger partial charge in [0.05, 0.1) is 36.8 Å². The van der Waals surface area contributed by atoms with Crippen LogP contribution >= 0.6 is 0 Å². The highest BCUT2D eigenvalue weighted by Crippen LogP contribution is 2.24. The summed E-state index contributed by atoms with van der Waals surface area (Å²) in [6, 6.07) is -0.182. The largest absolute Gasteiger partial charge is 0.481 e. The lowest BCUT2D eigenvalue weighted by Crippen LogP contribution is -2.43. The van der Waals surface area contributed by atoms with Gasteiger partial charge in [0.1, 0.15) is 11.7 Å². The minimum absolute atomic E-state index is 0.182. The first kappa shape index (κ1) is 13.7. The van der Waals surface area contributed by atoms with Gasteiger partial charge in [0.25, 0.3) is 0 Å². The van der Waals surface area contributed by atoms with Crippen LogP contribution in [0.25, 0.3) is 0 Å². The van der Waals surface area contributed by atoms with Crippen molar-refractivity contribution in [2.24, 2.45) is 5.92 Å². The summed E-state index contributed by atoms with van der Waals surface area (Å²) in [4.78, 5) is 22.0. The Morgan fingerprint density at radius 3 is 2.79 bits per heavy atom. The van der Waals surface area contributed by atoms with E-state index in [1.807, 2.05) is 25.7 Å².